The minimum Gasteiger partial charge on any atom is -0.399 e. The van der Waals surface area contributed by atoms with E-state index in [-0.39, 0.29) is 0 Å². The van der Waals surface area contributed by atoms with E-state index in [1.807, 2.05) is 24.3 Å². The summed E-state index contributed by atoms with van der Waals surface area (Å²) < 4.78 is 4.35. The zero-order valence-electron chi connectivity index (χ0n) is 14.1. The highest BCUT2D eigenvalue weighted by molar-refractivity contribution is 5.86. The lowest BCUT2D eigenvalue weighted by molar-refractivity contribution is 1.10. The van der Waals surface area contributed by atoms with Crippen LogP contribution in [0.5, 0.6) is 0 Å². The van der Waals surface area contributed by atoms with E-state index in [9.17, 15) is 0 Å². The third-order valence-electron chi connectivity index (χ3n) is 4.83. The van der Waals surface area contributed by atoms with Crippen LogP contribution in [0.3, 0.4) is 0 Å². The normalized spacial score (nSPS) is 11.4. The fourth-order valence-corrected chi connectivity index (χ4v) is 3.55. The Morgan fingerprint density at radius 2 is 0.923 bits per heavy atom. The lowest BCUT2D eigenvalue weighted by Gasteiger charge is -2.09. The van der Waals surface area contributed by atoms with Gasteiger partial charge in [-0.3, -0.25) is 0 Å². The Bertz CT molecular complexity index is 1140. The molecule has 4 N–H and O–H groups in total. The van der Waals surface area contributed by atoms with E-state index in [0.717, 1.165) is 44.6 Å². The van der Waals surface area contributed by atoms with E-state index >= 15 is 0 Å². The minimum atomic E-state index is 0.783. The zero-order chi connectivity index (χ0) is 17.7. The van der Waals surface area contributed by atoms with Gasteiger partial charge in [-0.05, 0) is 72.8 Å². The van der Waals surface area contributed by atoms with Gasteiger partial charge in [0, 0.05) is 45.9 Å². The van der Waals surface area contributed by atoms with Gasteiger partial charge in [0.2, 0.25) is 0 Å². The minimum absolute atomic E-state index is 0.783. The molecule has 0 aliphatic carbocycles. The molecule has 5 aromatic rings. The van der Waals surface area contributed by atoms with Gasteiger partial charge in [0.25, 0.3) is 0 Å². The number of nitrogens with zero attached hydrogens (tertiary/aromatic N) is 2. The molecule has 0 spiro atoms. The topological polar surface area (TPSA) is 61.9 Å². The molecule has 126 valence electrons. The Balaban J connectivity index is 1.57. The van der Waals surface area contributed by atoms with Crippen molar-refractivity contribution in [2.45, 2.75) is 0 Å². The largest absolute Gasteiger partial charge is 0.399 e. The van der Waals surface area contributed by atoms with Crippen LogP contribution >= 0.6 is 0 Å². The van der Waals surface area contributed by atoms with Crippen LogP contribution in [-0.4, -0.2) is 9.13 Å². The molecule has 0 radical (unpaired) electrons. The van der Waals surface area contributed by atoms with Gasteiger partial charge in [-0.25, -0.2) is 0 Å². The summed E-state index contributed by atoms with van der Waals surface area (Å²) in [6, 6.07) is 24.7. The number of fused-ring (bicyclic) bond motifs is 2. The van der Waals surface area contributed by atoms with E-state index < -0.39 is 0 Å². The highest BCUT2D eigenvalue weighted by Gasteiger charge is 2.06. The van der Waals surface area contributed by atoms with Crippen molar-refractivity contribution in [1.82, 2.24) is 9.13 Å². The number of benzene rings is 3. The SMILES string of the molecule is Nc1ccc2c(ccn2-c2ccc(-n3ccc4cc(N)ccc43)cc2)c1. The third kappa shape index (κ3) is 2.24. The number of hydrogen-bond donors (Lipinski definition) is 2. The molecule has 2 heterocycles. The third-order valence-corrected chi connectivity index (χ3v) is 4.83. The van der Waals surface area contributed by atoms with Gasteiger partial charge in [0.15, 0.2) is 0 Å². The van der Waals surface area contributed by atoms with E-state index in [4.69, 9.17) is 11.5 Å². The van der Waals surface area contributed by atoms with E-state index in [0.29, 0.717) is 0 Å². The second-order valence-electron chi connectivity index (χ2n) is 6.52. The summed E-state index contributed by atoms with van der Waals surface area (Å²) in [6.07, 6.45) is 4.15. The summed E-state index contributed by atoms with van der Waals surface area (Å²) >= 11 is 0. The number of aromatic nitrogens is 2. The Labute approximate surface area is 150 Å². The molecule has 0 amide bonds. The van der Waals surface area contributed by atoms with Gasteiger partial charge in [-0.15, -0.1) is 0 Å². The summed E-state index contributed by atoms with van der Waals surface area (Å²) in [5, 5.41) is 2.28. The maximum atomic E-state index is 5.88. The molecule has 0 unspecified atom stereocenters. The fraction of sp³-hybridized carbons (Fsp3) is 0. The second-order valence-corrected chi connectivity index (χ2v) is 6.52. The van der Waals surface area contributed by atoms with Crippen molar-refractivity contribution < 1.29 is 0 Å². The van der Waals surface area contributed by atoms with Gasteiger partial charge >= 0.3 is 0 Å². The van der Waals surface area contributed by atoms with Crippen LogP contribution in [0, 0.1) is 0 Å². The average molecular weight is 338 g/mol. The van der Waals surface area contributed by atoms with Crippen LogP contribution in [-0.2, 0) is 0 Å². The van der Waals surface area contributed by atoms with E-state index in [2.05, 4.69) is 70.1 Å². The summed E-state index contributed by atoms with van der Waals surface area (Å²) in [7, 11) is 0. The van der Waals surface area contributed by atoms with Gasteiger partial charge in [0.05, 0.1) is 11.0 Å². The Morgan fingerprint density at radius 1 is 0.500 bits per heavy atom. The average Bonchev–Trinajstić information content (AvgIpc) is 3.25. The van der Waals surface area contributed by atoms with E-state index in [1.54, 1.807) is 0 Å². The molecule has 0 saturated heterocycles. The van der Waals surface area contributed by atoms with Crippen molar-refractivity contribution in [3.8, 4) is 11.4 Å². The zero-order valence-corrected chi connectivity index (χ0v) is 14.1. The van der Waals surface area contributed by atoms with Crippen molar-refractivity contribution in [3.05, 3.63) is 85.2 Å². The molecule has 5 rings (SSSR count). The molecule has 0 aliphatic rings. The van der Waals surface area contributed by atoms with Crippen molar-refractivity contribution in [3.63, 3.8) is 0 Å². The molecule has 0 fully saturated rings. The first-order valence-corrected chi connectivity index (χ1v) is 8.53. The van der Waals surface area contributed by atoms with Crippen LogP contribution < -0.4 is 11.5 Å². The lowest BCUT2D eigenvalue weighted by atomic mass is 10.2. The van der Waals surface area contributed by atoms with Crippen LogP contribution in [0.4, 0.5) is 11.4 Å². The highest BCUT2D eigenvalue weighted by Crippen LogP contribution is 2.25. The van der Waals surface area contributed by atoms with E-state index in [1.165, 1.54) is 0 Å². The Morgan fingerprint density at radius 3 is 1.35 bits per heavy atom. The predicted molar refractivity (Wildman–Crippen MR) is 109 cm³/mol. The van der Waals surface area contributed by atoms with Crippen molar-refractivity contribution in [2.75, 3.05) is 11.5 Å². The van der Waals surface area contributed by atoms with Crippen LogP contribution in [0.2, 0.25) is 0 Å². The first kappa shape index (κ1) is 14.7. The summed E-state index contributed by atoms with van der Waals surface area (Å²) in [5.41, 5.74) is 17.9. The quantitative estimate of drug-likeness (QED) is 0.457. The maximum absolute atomic E-state index is 5.88. The summed E-state index contributed by atoms with van der Waals surface area (Å²) in [5.74, 6) is 0. The number of rotatable bonds is 2. The standard InChI is InChI=1S/C22H18N4/c23-17-1-7-21-15(13-17)9-11-25(21)19-3-5-20(6-4-19)26-12-10-16-14-18(24)2-8-22(16)26/h1-14H,23-24H2. The number of nitrogen functional groups attached to an aromatic ring is 2. The number of nitrogens with two attached hydrogens (primary N) is 2. The molecule has 0 saturated carbocycles. The van der Waals surface area contributed by atoms with Gasteiger partial charge < -0.3 is 20.6 Å². The monoisotopic (exact) mass is 338 g/mol. The first-order valence-electron chi connectivity index (χ1n) is 8.53. The Hall–Kier alpha value is -3.66. The van der Waals surface area contributed by atoms with Crippen molar-refractivity contribution in [1.29, 1.82) is 0 Å². The Kier molecular flexibility index (Phi) is 3.06. The van der Waals surface area contributed by atoms with Gasteiger partial charge in [-0.1, -0.05) is 0 Å². The number of hydrogen-bond acceptors (Lipinski definition) is 2. The summed E-state index contributed by atoms with van der Waals surface area (Å²) in [4.78, 5) is 0. The molecular weight excluding hydrogens is 320 g/mol. The molecule has 0 atom stereocenters. The molecule has 0 aliphatic heterocycles. The second kappa shape index (κ2) is 5.43. The van der Waals surface area contributed by atoms with Crippen molar-refractivity contribution >= 4 is 33.2 Å². The lowest BCUT2D eigenvalue weighted by Crippen LogP contribution is -1.95. The molecule has 4 heteroatoms. The highest BCUT2D eigenvalue weighted by atomic mass is 15.0. The molecule has 3 aromatic carbocycles. The van der Waals surface area contributed by atoms with Gasteiger partial charge in [0.1, 0.15) is 0 Å². The van der Waals surface area contributed by atoms with Gasteiger partial charge in [-0.2, -0.15) is 0 Å². The maximum Gasteiger partial charge on any atom is 0.0529 e. The summed E-state index contributed by atoms with van der Waals surface area (Å²) in [6.45, 7) is 0. The van der Waals surface area contributed by atoms with Crippen LogP contribution in [0.1, 0.15) is 0 Å². The predicted octanol–water partition coefficient (Wildman–Crippen LogP) is 4.74. The molecule has 2 aromatic heterocycles. The smallest absolute Gasteiger partial charge is 0.0529 e. The number of anilines is 2. The van der Waals surface area contributed by atoms with Crippen LogP contribution in [0.15, 0.2) is 85.2 Å². The fourth-order valence-electron chi connectivity index (χ4n) is 3.55. The molecule has 0 bridgehead atoms. The van der Waals surface area contributed by atoms with Crippen LogP contribution in [0.25, 0.3) is 33.2 Å². The molecule has 26 heavy (non-hydrogen) atoms. The first-order chi connectivity index (χ1) is 12.7. The van der Waals surface area contributed by atoms with Crippen molar-refractivity contribution in [2.24, 2.45) is 0 Å². The molecule has 4 nitrogen and oxygen atoms in total. The molecular formula is C22H18N4.